The van der Waals surface area contributed by atoms with E-state index in [2.05, 4.69) is 29.9 Å². The predicted molar refractivity (Wildman–Crippen MR) is 67.1 cm³/mol. The van der Waals surface area contributed by atoms with Crippen LogP contribution in [0, 0.1) is 0 Å². The van der Waals surface area contributed by atoms with Gasteiger partial charge in [0, 0.05) is 32.7 Å². The van der Waals surface area contributed by atoms with Crippen LogP contribution in [0.2, 0.25) is 0 Å². The molecule has 0 aromatic carbocycles. The summed E-state index contributed by atoms with van der Waals surface area (Å²) in [7, 11) is 0. The molecule has 1 rings (SSSR count). The minimum atomic E-state index is -0.257. The summed E-state index contributed by atoms with van der Waals surface area (Å²) in [5.41, 5.74) is 0.546. The second-order valence-corrected chi connectivity index (χ2v) is 4.06. The first kappa shape index (κ1) is 13.1. The smallest absolute Gasteiger partial charge is 0.127 e. The Hall–Kier alpha value is -0.930. The van der Waals surface area contributed by atoms with Gasteiger partial charge in [0.2, 0.25) is 0 Å². The molecule has 0 radical (unpaired) electrons. The van der Waals surface area contributed by atoms with E-state index >= 15 is 0 Å². The SMILES string of the molecule is C=C/C=C(/F)C(=C)CN1CCN(CC)CC1. The van der Waals surface area contributed by atoms with Crippen molar-refractivity contribution in [1.29, 1.82) is 0 Å². The molecule has 0 aromatic heterocycles. The molecule has 0 saturated carbocycles. The van der Waals surface area contributed by atoms with E-state index in [9.17, 15) is 4.39 Å². The van der Waals surface area contributed by atoms with Crippen LogP contribution in [0.1, 0.15) is 6.92 Å². The lowest BCUT2D eigenvalue weighted by Crippen LogP contribution is -2.46. The predicted octanol–water partition coefficient (Wildman–Crippen LogP) is 2.22. The van der Waals surface area contributed by atoms with E-state index in [-0.39, 0.29) is 5.83 Å². The minimum Gasteiger partial charge on any atom is -0.301 e. The van der Waals surface area contributed by atoms with Crippen molar-refractivity contribution in [3.8, 4) is 0 Å². The number of hydrogen-bond acceptors (Lipinski definition) is 2. The summed E-state index contributed by atoms with van der Waals surface area (Å²) < 4.78 is 13.3. The highest BCUT2D eigenvalue weighted by molar-refractivity contribution is 5.26. The van der Waals surface area contributed by atoms with E-state index in [0.29, 0.717) is 12.1 Å². The third kappa shape index (κ3) is 3.91. The van der Waals surface area contributed by atoms with Crippen molar-refractivity contribution in [2.45, 2.75) is 6.92 Å². The molecule has 3 heteroatoms. The summed E-state index contributed by atoms with van der Waals surface area (Å²) >= 11 is 0. The summed E-state index contributed by atoms with van der Waals surface area (Å²) in [6.45, 7) is 15.2. The lowest BCUT2D eigenvalue weighted by atomic mass is 10.2. The third-order valence-corrected chi connectivity index (χ3v) is 2.93. The van der Waals surface area contributed by atoms with Gasteiger partial charge in [-0.3, -0.25) is 4.90 Å². The van der Waals surface area contributed by atoms with Crippen LogP contribution >= 0.6 is 0 Å². The van der Waals surface area contributed by atoms with Crippen LogP contribution < -0.4 is 0 Å². The Morgan fingerprint density at radius 2 is 1.81 bits per heavy atom. The molecule has 1 saturated heterocycles. The fourth-order valence-electron chi connectivity index (χ4n) is 1.83. The Morgan fingerprint density at radius 1 is 1.25 bits per heavy atom. The first-order chi connectivity index (χ1) is 7.67. The maximum atomic E-state index is 13.3. The van der Waals surface area contributed by atoms with Crippen molar-refractivity contribution in [1.82, 2.24) is 9.80 Å². The molecule has 0 aliphatic carbocycles. The Morgan fingerprint density at radius 3 is 2.31 bits per heavy atom. The van der Waals surface area contributed by atoms with E-state index in [1.54, 1.807) is 0 Å². The van der Waals surface area contributed by atoms with Gasteiger partial charge in [-0.25, -0.2) is 4.39 Å². The summed E-state index contributed by atoms with van der Waals surface area (Å²) in [5, 5.41) is 0. The van der Waals surface area contributed by atoms with E-state index < -0.39 is 0 Å². The lowest BCUT2D eigenvalue weighted by molar-refractivity contribution is 0.145. The van der Waals surface area contributed by atoms with Gasteiger partial charge in [-0.15, -0.1) is 0 Å². The quantitative estimate of drug-likeness (QED) is 0.661. The van der Waals surface area contributed by atoms with Crippen molar-refractivity contribution in [2.24, 2.45) is 0 Å². The Bertz CT molecular complexity index is 276. The van der Waals surface area contributed by atoms with Crippen LogP contribution in [0.5, 0.6) is 0 Å². The Balaban J connectivity index is 2.36. The van der Waals surface area contributed by atoms with E-state index in [4.69, 9.17) is 0 Å². The van der Waals surface area contributed by atoms with Crippen LogP contribution in [0.15, 0.2) is 36.7 Å². The first-order valence-electron chi connectivity index (χ1n) is 5.78. The summed E-state index contributed by atoms with van der Waals surface area (Å²) in [6, 6.07) is 0. The van der Waals surface area contributed by atoms with Crippen LogP contribution in [0.3, 0.4) is 0 Å². The molecule has 0 N–H and O–H groups in total. The molecule has 1 fully saturated rings. The van der Waals surface area contributed by atoms with E-state index in [1.165, 1.54) is 12.2 Å². The third-order valence-electron chi connectivity index (χ3n) is 2.93. The number of halogens is 1. The summed E-state index contributed by atoms with van der Waals surface area (Å²) in [5.74, 6) is -0.257. The number of rotatable bonds is 5. The zero-order valence-electron chi connectivity index (χ0n) is 10.1. The van der Waals surface area contributed by atoms with Crippen molar-refractivity contribution < 1.29 is 4.39 Å². The molecular formula is C13H21FN2. The molecule has 90 valence electrons. The molecule has 2 nitrogen and oxygen atoms in total. The largest absolute Gasteiger partial charge is 0.301 e. The monoisotopic (exact) mass is 224 g/mol. The second-order valence-electron chi connectivity index (χ2n) is 4.06. The van der Waals surface area contributed by atoms with E-state index in [0.717, 1.165) is 32.7 Å². The number of nitrogens with zero attached hydrogens (tertiary/aromatic N) is 2. The van der Waals surface area contributed by atoms with Crippen molar-refractivity contribution >= 4 is 0 Å². The maximum Gasteiger partial charge on any atom is 0.127 e. The molecule has 16 heavy (non-hydrogen) atoms. The number of likely N-dealkylation sites (N-methyl/N-ethyl adjacent to an activating group) is 1. The van der Waals surface area contributed by atoms with Gasteiger partial charge in [-0.05, 0) is 18.2 Å². The first-order valence-corrected chi connectivity index (χ1v) is 5.78. The maximum absolute atomic E-state index is 13.3. The van der Waals surface area contributed by atoms with Gasteiger partial charge < -0.3 is 4.90 Å². The highest BCUT2D eigenvalue weighted by Crippen LogP contribution is 2.12. The van der Waals surface area contributed by atoms with Crippen molar-refractivity contribution in [2.75, 3.05) is 39.3 Å². The van der Waals surface area contributed by atoms with Crippen LogP contribution in [-0.2, 0) is 0 Å². The van der Waals surface area contributed by atoms with Crippen molar-refractivity contribution in [3.05, 3.63) is 36.7 Å². The van der Waals surface area contributed by atoms with Crippen molar-refractivity contribution in [3.63, 3.8) is 0 Å². The molecule has 1 aliphatic heterocycles. The number of hydrogen-bond donors (Lipinski definition) is 0. The summed E-state index contributed by atoms with van der Waals surface area (Å²) in [6.07, 6.45) is 2.82. The van der Waals surface area contributed by atoms with E-state index in [1.807, 2.05) is 0 Å². The standard InChI is InChI=1S/C13H21FN2/c1-4-6-13(14)12(3)11-16-9-7-15(5-2)8-10-16/h4,6H,1,3,5,7-11H2,2H3/b13-6+. The molecule has 0 atom stereocenters. The fourth-order valence-corrected chi connectivity index (χ4v) is 1.83. The fraction of sp³-hybridized carbons (Fsp3) is 0.538. The van der Waals surface area contributed by atoms with Gasteiger partial charge in [0.1, 0.15) is 5.83 Å². The highest BCUT2D eigenvalue weighted by Gasteiger charge is 2.16. The average molecular weight is 224 g/mol. The zero-order valence-corrected chi connectivity index (χ0v) is 10.1. The minimum absolute atomic E-state index is 0.257. The average Bonchev–Trinajstić information content (AvgIpc) is 2.30. The van der Waals surface area contributed by atoms with Gasteiger partial charge in [0.05, 0.1) is 0 Å². The molecule has 1 aliphatic rings. The van der Waals surface area contributed by atoms with Gasteiger partial charge in [0.15, 0.2) is 0 Å². The molecule has 0 amide bonds. The number of allylic oxidation sites excluding steroid dienone is 2. The van der Waals surface area contributed by atoms with Gasteiger partial charge in [-0.1, -0.05) is 26.2 Å². The lowest BCUT2D eigenvalue weighted by Gasteiger charge is -2.34. The normalized spacial score (nSPS) is 19.8. The molecule has 0 bridgehead atoms. The molecule has 0 aromatic rings. The topological polar surface area (TPSA) is 6.48 Å². The van der Waals surface area contributed by atoms with Gasteiger partial charge >= 0.3 is 0 Å². The molecule has 0 spiro atoms. The second kappa shape index (κ2) is 6.61. The van der Waals surface area contributed by atoms with Crippen LogP contribution in [-0.4, -0.2) is 49.1 Å². The highest BCUT2D eigenvalue weighted by atomic mass is 19.1. The van der Waals surface area contributed by atoms with Gasteiger partial charge in [0.25, 0.3) is 0 Å². The zero-order chi connectivity index (χ0) is 12.0. The van der Waals surface area contributed by atoms with Crippen LogP contribution in [0.25, 0.3) is 0 Å². The van der Waals surface area contributed by atoms with Crippen LogP contribution in [0.4, 0.5) is 4.39 Å². The number of piperazine rings is 1. The van der Waals surface area contributed by atoms with Gasteiger partial charge in [-0.2, -0.15) is 0 Å². The Kier molecular flexibility index (Phi) is 5.43. The summed E-state index contributed by atoms with van der Waals surface area (Å²) in [4.78, 5) is 4.64. The molecular weight excluding hydrogens is 203 g/mol. The molecule has 1 heterocycles. The Labute approximate surface area is 97.7 Å². The molecule has 0 unspecified atom stereocenters.